The van der Waals surface area contributed by atoms with Gasteiger partial charge in [-0.2, -0.15) is 0 Å². The summed E-state index contributed by atoms with van der Waals surface area (Å²) in [5.74, 6) is -0.147. The minimum atomic E-state index is -0.147. The van der Waals surface area contributed by atoms with E-state index in [1.54, 1.807) is 13.2 Å². The van der Waals surface area contributed by atoms with Crippen LogP contribution in [-0.2, 0) is 4.74 Å². The van der Waals surface area contributed by atoms with Crippen molar-refractivity contribution in [2.75, 3.05) is 26.0 Å². The smallest absolute Gasteiger partial charge is 0.263 e. The van der Waals surface area contributed by atoms with Gasteiger partial charge in [-0.25, -0.2) is 0 Å². The average molecular weight is 299 g/mol. The second-order valence-electron chi connectivity index (χ2n) is 4.09. The van der Waals surface area contributed by atoms with Crippen LogP contribution in [0.5, 0.6) is 0 Å². The lowest BCUT2D eigenvalue weighted by molar-refractivity contribution is 0.0953. The van der Waals surface area contributed by atoms with Gasteiger partial charge < -0.3 is 15.8 Å². The molecule has 0 saturated heterocycles. The number of methoxy groups -OCH3 is 1. The fourth-order valence-electron chi connectivity index (χ4n) is 1.76. The van der Waals surface area contributed by atoms with Gasteiger partial charge in [-0.05, 0) is 24.6 Å². The Labute approximate surface area is 120 Å². The number of carbonyl (C=O) groups excluding carboxylic acids is 1. The molecule has 2 rings (SSSR count). The Morgan fingerprint density at radius 2 is 2.32 bits per heavy atom. The number of nitrogens with two attached hydrogens (primary N) is 1. The van der Waals surface area contributed by atoms with E-state index in [1.165, 1.54) is 11.3 Å². The molecule has 4 nitrogen and oxygen atoms in total. The van der Waals surface area contributed by atoms with Crippen LogP contribution in [0.15, 0.2) is 18.2 Å². The van der Waals surface area contributed by atoms with Crippen LogP contribution in [0.1, 0.15) is 16.1 Å². The highest BCUT2D eigenvalue weighted by atomic mass is 35.5. The molecule has 0 aliphatic rings. The summed E-state index contributed by atoms with van der Waals surface area (Å²) in [5, 5.41) is 4.34. The summed E-state index contributed by atoms with van der Waals surface area (Å²) in [6.07, 6.45) is 0.777. The van der Waals surface area contributed by atoms with Crippen molar-refractivity contribution in [2.24, 2.45) is 0 Å². The summed E-state index contributed by atoms with van der Waals surface area (Å²) >= 11 is 7.29. The van der Waals surface area contributed by atoms with E-state index in [0.29, 0.717) is 28.7 Å². The number of nitrogens with one attached hydrogen (secondary N) is 1. The van der Waals surface area contributed by atoms with Crippen LogP contribution in [0.2, 0.25) is 5.02 Å². The fourth-order valence-corrected chi connectivity index (χ4v) is 3.07. The molecule has 0 unspecified atom stereocenters. The van der Waals surface area contributed by atoms with Crippen molar-refractivity contribution < 1.29 is 9.53 Å². The Balaban J connectivity index is 2.15. The molecule has 6 heteroatoms. The zero-order valence-electron chi connectivity index (χ0n) is 10.5. The largest absolute Gasteiger partial charge is 0.397 e. The number of halogens is 1. The first kappa shape index (κ1) is 14.1. The van der Waals surface area contributed by atoms with Gasteiger partial charge >= 0.3 is 0 Å². The van der Waals surface area contributed by atoms with Gasteiger partial charge in [0.1, 0.15) is 4.88 Å². The summed E-state index contributed by atoms with van der Waals surface area (Å²) in [4.78, 5) is 12.6. The second kappa shape index (κ2) is 6.23. The van der Waals surface area contributed by atoms with E-state index in [-0.39, 0.29) is 5.91 Å². The Morgan fingerprint density at radius 1 is 1.53 bits per heavy atom. The monoisotopic (exact) mass is 298 g/mol. The van der Waals surface area contributed by atoms with E-state index in [9.17, 15) is 4.79 Å². The Bertz CT molecular complexity index is 598. The van der Waals surface area contributed by atoms with Crippen molar-refractivity contribution in [1.82, 2.24) is 5.32 Å². The molecule has 0 atom stereocenters. The molecule has 1 amide bonds. The van der Waals surface area contributed by atoms with Crippen molar-refractivity contribution in [3.05, 3.63) is 28.1 Å². The van der Waals surface area contributed by atoms with Gasteiger partial charge in [0.05, 0.1) is 5.69 Å². The first-order valence-electron chi connectivity index (χ1n) is 5.88. The molecule has 0 aliphatic heterocycles. The van der Waals surface area contributed by atoms with Crippen LogP contribution >= 0.6 is 22.9 Å². The third-order valence-corrected chi connectivity index (χ3v) is 4.11. The van der Waals surface area contributed by atoms with E-state index in [4.69, 9.17) is 22.1 Å². The summed E-state index contributed by atoms with van der Waals surface area (Å²) in [7, 11) is 1.63. The average Bonchev–Trinajstić information content (AvgIpc) is 2.71. The van der Waals surface area contributed by atoms with Crippen molar-refractivity contribution in [1.29, 1.82) is 0 Å². The zero-order valence-corrected chi connectivity index (χ0v) is 12.1. The summed E-state index contributed by atoms with van der Waals surface area (Å²) in [6.45, 7) is 1.19. The number of amides is 1. The molecule has 0 saturated carbocycles. The SMILES string of the molecule is COCCCNC(=O)c1sc2cc(Cl)ccc2c1N. The molecule has 2 aromatic rings. The van der Waals surface area contributed by atoms with Crippen molar-refractivity contribution in [2.45, 2.75) is 6.42 Å². The van der Waals surface area contributed by atoms with Gasteiger partial charge in [-0.1, -0.05) is 11.6 Å². The predicted molar refractivity (Wildman–Crippen MR) is 80.1 cm³/mol. The molecule has 19 heavy (non-hydrogen) atoms. The molecule has 0 bridgehead atoms. The normalized spacial score (nSPS) is 10.8. The number of thiophene rings is 1. The summed E-state index contributed by atoms with van der Waals surface area (Å²) in [6, 6.07) is 5.43. The molecule has 0 fully saturated rings. The third-order valence-electron chi connectivity index (χ3n) is 2.71. The van der Waals surface area contributed by atoms with Crippen LogP contribution < -0.4 is 11.1 Å². The molecular weight excluding hydrogens is 284 g/mol. The molecule has 0 aliphatic carbocycles. The number of hydrogen-bond acceptors (Lipinski definition) is 4. The topological polar surface area (TPSA) is 64.3 Å². The number of carbonyl (C=O) groups is 1. The van der Waals surface area contributed by atoms with Crippen molar-refractivity contribution in [3.8, 4) is 0 Å². The maximum absolute atomic E-state index is 12.0. The molecule has 0 radical (unpaired) electrons. The predicted octanol–water partition coefficient (Wildman–Crippen LogP) is 2.90. The zero-order chi connectivity index (χ0) is 13.8. The standard InChI is InChI=1S/C13H15ClN2O2S/c1-18-6-2-5-16-13(17)12-11(15)9-4-3-8(14)7-10(9)19-12/h3-4,7H,2,5-6,15H2,1H3,(H,16,17). The van der Waals surface area contributed by atoms with Crippen LogP contribution in [0, 0.1) is 0 Å². The maximum atomic E-state index is 12.0. The van der Waals surface area contributed by atoms with Gasteiger partial charge in [0.2, 0.25) is 0 Å². The van der Waals surface area contributed by atoms with E-state index in [2.05, 4.69) is 5.32 Å². The molecule has 0 spiro atoms. The Hall–Kier alpha value is -1.30. The summed E-state index contributed by atoms with van der Waals surface area (Å²) in [5.41, 5.74) is 6.52. The van der Waals surface area contributed by atoms with E-state index in [0.717, 1.165) is 16.5 Å². The molecule has 1 heterocycles. The molecule has 3 N–H and O–H groups in total. The molecule has 1 aromatic heterocycles. The lowest BCUT2D eigenvalue weighted by Gasteiger charge is -2.03. The van der Waals surface area contributed by atoms with Gasteiger partial charge in [0, 0.05) is 35.4 Å². The minimum Gasteiger partial charge on any atom is -0.397 e. The van der Waals surface area contributed by atoms with Gasteiger partial charge in [-0.15, -0.1) is 11.3 Å². The second-order valence-corrected chi connectivity index (χ2v) is 5.58. The van der Waals surface area contributed by atoms with Crippen LogP contribution in [-0.4, -0.2) is 26.2 Å². The number of benzene rings is 1. The number of ether oxygens (including phenoxy) is 1. The lowest BCUT2D eigenvalue weighted by atomic mass is 10.2. The van der Waals surface area contributed by atoms with E-state index in [1.807, 2.05) is 12.1 Å². The quantitative estimate of drug-likeness (QED) is 0.834. The first-order chi connectivity index (χ1) is 9.13. The van der Waals surface area contributed by atoms with E-state index < -0.39 is 0 Å². The van der Waals surface area contributed by atoms with Gasteiger partial charge in [0.15, 0.2) is 0 Å². The lowest BCUT2D eigenvalue weighted by Crippen LogP contribution is -2.25. The van der Waals surface area contributed by atoms with E-state index >= 15 is 0 Å². The van der Waals surface area contributed by atoms with Crippen LogP contribution in [0.4, 0.5) is 5.69 Å². The molecule has 102 valence electrons. The number of nitrogen functional groups attached to an aromatic ring is 1. The first-order valence-corrected chi connectivity index (χ1v) is 7.07. The Kier molecular flexibility index (Phi) is 4.63. The van der Waals surface area contributed by atoms with Crippen LogP contribution in [0.25, 0.3) is 10.1 Å². The minimum absolute atomic E-state index is 0.147. The number of fused-ring (bicyclic) bond motifs is 1. The molecular formula is C13H15ClN2O2S. The number of hydrogen-bond donors (Lipinski definition) is 2. The highest BCUT2D eigenvalue weighted by Gasteiger charge is 2.15. The van der Waals surface area contributed by atoms with Crippen molar-refractivity contribution >= 4 is 44.6 Å². The number of rotatable bonds is 5. The highest BCUT2D eigenvalue weighted by molar-refractivity contribution is 7.21. The highest BCUT2D eigenvalue weighted by Crippen LogP contribution is 2.35. The fraction of sp³-hybridized carbons (Fsp3) is 0.308. The van der Waals surface area contributed by atoms with Crippen molar-refractivity contribution in [3.63, 3.8) is 0 Å². The summed E-state index contributed by atoms with van der Waals surface area (Å²) < 4.78 is 5.85. The number of anilines is 1. The Morgan fingerprint density at radius 3 is 3.05 bits per heavy atom. The third kappa shape index (κ3) is 3.18. The maximum Gasteiger partial charge on any atom is 0.263 e. The van der Waals surface area contributed by atoms with Gasteiger partial charge in [0.25, 0.3) is 5.91 Å². The molecule has 1 aromatic carbocycles. The van der Waals surface area contributed by atoms with Gasteiger partial charge in [-0.3, -0.25) is 4.79 Å². The van der Waals surface area contributed by atoms with Crippen LogP contribution in [0.3, 0.4) is 0 Å².